The van der Waals surface area contributed by atoms with E-state index in [0.717, 1.165) is 32.2 Å². The van der Waals surface area contributed by atoms with Crippen LogP contribution in [0.4, 0.5) is 0 Å². The first kappa shape index (κ1) is 15.7. The summed E-state index contributed by atoms with van der Waals surface area (Å²) in [6.45, 7) is 4.18. The third kappa shape index (κ3) is 4.72. The zero-order chi connectivity index (χ0) is 14.4. The SMILES string of the molecule is CN(CCN(C)C1CCCC1)C(=O)C[C@H]1CNCCO1. The monoisotopic (exact) mass is 283 g/mol. The predicted molar refractivity (Wildman–Crippen MR) is 79.7 cm³/mol. The number of likely N-dealkylation sites (N-methyl/N-ethyl adjacent to an activating group) is 2. The summed E-state index contributed by atoms with van der Waals surface area (Å²) in [7, 11) is 4.09. The highest BCUT2D eigenvalue weighted by atomic mass is 16.5. The van der Waals surface area contributed by atoms with Gasteiger partial charge in [0.25, 0.3) is 0 Å². The lowest BCUT2D eigenvalue weighted by Gasteiger charge is -2.28. The van der Waals surface area contributed by atoms with Crippen molar-refractivity contribution in [2.45, 2.75) is 44.2 Å². The minimum Gasteiger partial charge on any atom is -0.375 e. The lowest BCUT2D eigenvalue weighted by molar-refractivity contribution is -0.133. The zero-order valence-corrected chi connectivity index (χ0v) is 12.9. The van der Waals surface area contributed by atoms with E-state index in [2.05, 4.69) is 17.3 Å². The Kier molecular flexibility index (Phi) is 6.26. The van der Waals surface area contributed by atoms with Crippen molar-refractivity contribution in [1.82, 2.24) is 15.1 Å². The van der Waals surface area contributed by atoms with Crippen molar-refractivity contribution >= 4 is 5.91 Å². The van der Waals surface area contributed by atoms with Gasteiger partial charge in [-0.3, -0.25) is 4.79 Å². The molecule has 0 aromatic heterocycles. The maximum atomic E-state index is 12.1. The van der Waals surface area contributed by atoms with Crippen molar-refractivity contribution < 1.29 is 9.53 Å². The van der Waals surface area contributed by atoms with Crippen molar-refractivity contribution in [3.8, 4) is 0 Å². The summed E-state index contributed by atoms with van der Waals surface area (Å²) in [6.07, 6.45) is 5.89. The molecule has 1 saturated carbocycles. The maximum absolute atomic E-state index is 12.1. The van der Waals surface area contributed by atoms with Crippen molar-refractivity contribution in [1.29, 1.82) is 0 Å². The molecule has 20 heavy (non-hydrogen) atoms. The van der Waals surface area contributed by atoms with Gasteiger partial charge in [-0.25, -0.2) is 0 Å². The maximum Gasteiger partial charge on any atom is 0.225 e. The Balaban J connectivity index is 1.65. The fourth-order valence-electron chi connectivity index (χ4n) is 3.06. The molecule has 0 radical (unpaired) electrons. The Morgan fingerprint density at radius 3 is 2.65 bits per heavy atom. The summed E-state index contributed by atoms with van der Waals surface area (Å²) in [4.78, 5) is 16.4. The molecule has 0 unspecified atom stereocenters. The van der Waals surface area contributed by atoms with Gasteiger partial charge >= 0.3 is 0 Å². The number of amides is 1. The lowest BCUT2D eigenvalue weighted by Crippen LogP contribution is -2.43. The van der Waals surface area contributed by atoms with Crippen LogP contribution in [0.25, 0.3) is 0 Å². The minimum atomic E-state index is 0.0475. The Bertz CT molecular complexity index is 299. The number of nitrogens with one attached hydrogen (secondary N) is 1. The molecular formula is C15H29N3O2. The second kappa shape index (κ2) is 7.96. The molecule has 0 spiro atoms. The van der Waals surface area contributed by atoms with Gasteiger partial charge in [0, 0.05) is 39.3 Å². The molecule has 1 saturated heterocycles. The normalized spacial score (nSPS) is 24.2. The Morgan fingerprint density at radius 1 is 1.25 bits per heavy atom. The molecule has 0 aromatic carbocycles. The number of hydrogen-bond donors (Lipinski definition) is 1. The van der Waals surface area contributed by atoms with E-state index in [1.165, 1.54) is 25.7 Å². The van der Waals surface area contributed by atoms with Crippen LogP contribution in [-0.4, -0.2) is 74.7 Å². The number of ether oxygens (including phenoxy) is 1. The minimum absolute atomic E-state index is 0.0475. The largest absolute Gasteiger partial charge is 0.375 e. The molecule has 2 fully saturated rings. The van der Waals surface area contributed by atoms with E-state index in [1.54, 1.807) is 0 Å². The van der Waals surface area contributed by atoms with Crippen molar-refractivity contribution in [3.63, 3.8) is 0 Å². The molecule has 2 aliphatic rings. The fourth-order valence-corrected chi connectivity index (χ4v) is 3.06. The Hall–Kier alpha value is -0.650. The fraction of sp³-hybridized carbons (Fsp3) is 0.933. The van der Waals surface area contributed by atoms with E-state index in [0.29, 0.717) is 13.0 Å². The second-order valence-corrected chi connectivity index (χ2v) is 6.14. The molecule has 5 nitrogen and oxygen atoms in total. The summed E-state index contributed by atoms with van der Waals surface area (Å²) in [5.41, 5.74) is 0. The van der Waals surface area contributed by atoms with E-state index >= 15 is 0 Å². The number of rotatable bonds is 6. The molecule has 1 aliphatic carbocycles. The van der Waals surface area contributed by atoms with Crippen molar-refractivity contribution in [3.05, 3.63) is 0 Å². The van der Waals surface area contributed by atoms with Crippen molar-refractivity contribution in [2.24, 2.45) is 0 Å². The topological polar surface area (TPSA) is 44.8 Å². The Morgan fingerprint density at radius 2 is 2.00 bits per heavy atom. The number of carbonyl (C=O) groups is 1. The molecule has 1 heterocycles. The quantitative estimate of drug-likeness (QED) is 0.779. The average Bonchev–Trinajstić information content (AvgIpc) is 2.99. The number of nitrogens with zero attached hydrogens (tertiary/aromatic N) is 2. The summed E-state index contributed by atoms with van der Waals surface area (Å²) < 4.78 is 5.59. The van der Waals surface area contributed by atoms with Gasteiger partial charge in [0.2, 0.25) is 5.91 Å². The number of morpholine rings is 1. The van der Waals surface area contributed by atoms with Gasteiger partial charge in [-0.2, -0.15) is 0 Å². The van der Waals surface area contributed by atoms with Crippen LogP contribution in [0.2, 0.25) is 0 Å². The second-order valence-electron chi connectivity index (χ2n) is 6.14. The van der Waals surface area contributed by atoms with Gasteiger partial charge in [0.15, 0.2) is 0 Å². The van der Waals surface area contributed by atoms with Gasteiger partial charge in [0.1, 0.15) is 0 Å². The smallest absolute Gasteiger partial charge is 0.225 e. The third-order valence-corrected chi connectivity index (χ3v) is 4.57. The van der Waals surface area contributed by atoms with Crippen LogP contribution in [0, 0.1) is 0 Å². The van der Waals surface area contributed by atoms with Crippen LogP contribution in [-0.2, 0) is 9.53 Å². The first-order valence-electron chi connectivity index (χ1n) is 7.93. The predicted octanol–water partition coefficient (Wildman–Crippen LogP) is 0.698. The van der Waals surface area contributed by atoms with E-state index < -0.39 is 0 Å². The van der Waals surface area contributed by atoms with Crippen molar-refractivity contribution in [2.75, 3.05) is 46.9 Å². The van der Waals surface area contributed by atoms with Crippen LogP contribution < -0.4 is 5.32 Å². The highest BCUT2D eigenvalue weighted by Crippen LogP contribution is 2.22. The first-order chi connectivity index (χ1) is 9.66. The summed E-state index contributed by atoms with van der Waals surface area (Å²) in [6, 6.07) is 0.726. The summed E-state index contributed by atoms with van der Waals surface area (Å²) >= 11 is 0. The van der Waals surface area contributed by atoms with Crippen LogP contribution in [0.3, 0.4) is 0 Å². The van der Waals surface area contributed by atoms with E-state index in [-0.39, 0.29) is 12.0 Å². The van der Waals surface area contributed by atoms with Crippen LogP contribution in [0.1, 0.15) is 32.1 Å². The van der Waals surface area contributed by atoms with Gasteiger partial charge in [-0.15, -0.1) is 0 Å². The molecule has 0 aromatic rings. The molecule has 1 atom stereocenters. The highest BCUT2D eigenvalue weighted by Gasteiger charge is 2.22. The van der Waals surface area contributed by atoms with Gasteiger partial charge in [-0.1, -0.05) is 12.8 Å². The van der Waals surface area contributed by atoms with Gasteiger partial charge < -0.3 is 19.9 Å². The number of carbonyl (C=O) groups excluding carboxylic acids is 1. The summed E-state index contributed by atoms with van der Waals surface area (Å²) in [5.74, 6) is 0.193. The standard InChI is InChI=1S/C15H29N3O2/c1-17(13-5-3-4-6-13)8-9-18(2)15(19)11-14-12-16-7-10-20-14/h13-14,16H,3-12H2,1-2H3/t14-/m0/s1. The zero-order valence-electron chi connectivity index (χ0n) is 12.9. The lowest BCUT2D eigenvalue weighted by atomic mass is 10.2. The van der Waals surface area contributed by atoms with Gasteiger partial charge in [0.05, 0.1) is 19.1 Å². The third-order valence-electron chi connectivity index (χ3n) is 4.57. The molecule has 1 aliphatic heterocycles. The molecule has 2 rings (SSSR count). The average molecular weight is 283 g/mol. The van der Waals surface area contributed by atoms with Gasteiger partial charge in [-0.05, 0) is 19.9 Å². The molecular weight excluding hydrogens is 254 g/mol. The molecule has 1 N–H and O–H groups in total. The van der Waals surface area contributed by atoms with Crippen LogP contribution in [0.5, 0.6) is 0 Å². The van der Waals surface area contributed by atoms with Crippen LogP contribution in [0.15, 0.2) is 0 Å². The first-order valence-corrected chi connectivity index (χ1v) is 7.93. The Labute approximate surface area is 122 Å². The molecule has 1 amide bonds. The van der Waals surface area contributed by atoms with E-state index in [9.17, 15) is 4.79 Å². The number of hydrogen-bond acceptors (Lipinski definition) is 4. The van der Waals surface area contributed by atoms with E-state index in [1.807, 2.05) is 11.9 Å². The summed E-state index contributed by atoms with van der Waals surface area (Å²) in [5, 5.41) is 3.26. The molecule has 116 valence electrons. The highest BCUT2D eigenvalue weighted by molar-refractivity contribution is 5.76. The van der Waals surface area contributed by atoms with Crippen LogP contribution >= 0.6 is 0 Å². The van der Waals surface area contributed by atoms with E-state index in [4.69, 9.17) is 4.74 Å². The molecule has 0 bridgehead atoms. The molecule has 5 heteroatoms.